The van der Waals surface area contributed by atoms with Gasteiger partial charge in [-0.05, 0) is 36.6 Å². The summed E-state index contributed by atoms with van der Waals surface area (Å²) in [6.07, 6.45) is 0.978. The lowest BCUT2D eigenvalue weighted by Crippen LogP contribution is -2.14. The first-order chi connectivity index (χ1) is 11.2. The number of amides is 1. The molecule has 4 rings (SSSR count). The van der Waals surface area contributed by atoms with Crippen LogP contribution in [0.2, 0.25) is 0 Å². The predicted octanol–water partition coefficient (Wildman–Crippen LogP) is 4.68. The first kappa shape index (κ1) is 14.2. The molecule has 23 heavy (non-hydrogen) atoms. The van der Waals surface area contributed by atoms with E-state index in [1.165, 1.54) is 11.3 Å². The van der Waals surface area contributed by atoms with Gasteiger partial charge in [-0.25, -0.2) is 4.98 Å². The van der Waals surface area contributed by atoms with E-state index in [1.807, 2.05) is 48.5 Å². The van der Waals surface area contributed by atoms with Crippen LogP contribution in [0.1, 0.15) is 13.3 Å². The summed E-state index contributed by atoms with van der Waals surface area (Å²) in [5.41, 5.74) is 0.870. The van der Waals surface area contributed by atoms with Crippen molar-refractivity contribution in [2.75, 3.05) is 5.32 Å². The molecule has 0 unspecified atom stereocenters. The number of anilines is 1. The normalized spacial score (nSPS) is 19.5. The topological polar surface area (TPSA) is 51.2 Å². The van der Waals surface area contributed by atoms with E-state index in [2.05, 4.69) is 17.2 Å². The highest BCUT2D eigenvalue weighted by Gasteiger charge is 2.39. The van der Waals surface area contributed by atoms with Gasteiger partial charge in [-0.3, -0.25) is 4.79 Å². The lowest BCUT2D eigenvalue weighted by atomic mass is 10.3. The maximum atomic E-state index is 12.0. The summed E-state index contributed by atoms with van der Waals surface area (Å²) >= 11 is 1.47. The summed E-state index contributed by atoms with van der Waals surface area (Å²) in [5, 5.41) is 3.57. The first-order valence-electron chi connectivity index (χ1n) is 7.63. The Morgan fingerprint density at radius 1 is 1.22 bits per heavy atom. The lowest BCUT2D eigenvalue weighted by Gasteiger charge is -2.04. The van der Waals surface area contributed by atoms with E-state index < -0.39 is 0 Å². The minimum absolute atomic E-state index is 0.0808. The number of para-hydroxylation sites is 1. The van der Waals surface area contributed by atoms with Gasteiger partial charge in [0.15, 0.2) is 5.13 Å². The average Bonchev–Trinajstić information content (AvgIpc) is 3.15. The van der Waals surface area contributed by atoms with Crippen LogP contribution in [0.4, 0.5) is 5.13 Å². The minimum Gasteiger partial charge on any atom is -0.457 e. The standard InChI is InChI=1S/C18H16N2O2S/c1-11-9-14(11)17(21)20-18-19-15-8-7-13(10-16(15)23-18)22-12-5-3-2-4-6-12/h2-8,10-11,14H,9H2,1H3,(H,19,20,21)/t11-,14+/m1/s1. The van der Waals surface area contributed by atoms with Crippen LogP contribution in [0, 0.1) is 11.8 Å². The van der Waals surface area contributed by atoms with Gasteiger partial charge in [0.05, 0.1) is 10.2 Å². The second kappa shape index (κ2) is 5.66. The van der Waals surface area contributed by atoms with Gasteiger partial charge in [0.1, 0.15) is 11.5 Å². The molecule has 3 aromatic rings. The number of carbonyl (C=O) groups excluding carboxylic acids is 1. The van der Waals surface area contributed by atoms with Crippen molar-refractivity contribution in [2.45, 2.75) is 13.3 Å². The van der Waals surface area contributed by atoms with Crippen LogP contribution in [-0.4, -0.2) is 10.9 Å². The van der Waals surface area contributed by atoms with Crippen LogP contribution >= 0.6 is 11.3 Å². The van der Waals surface area contributed by atoms with Gasteiger partial charge in [0.2, 0.25) is 5.91 Å². The van der Waals surface area contributed by atoms with E-state index in [0.29, 0.717) is 11.0 Å². The number of aromatic nitrogens is 1. The highest BCUT2D eigenvalue weighted by atomic mass is 32.1. The number of hydrogen-bond acceptors (Lipinski definition) is 4. The van der Waals surface area contributed by atoms with Crippen LogP contribution in [0.15, 0.2) is 48.5 Å². The molecular formula is C18H16N2O2S. The summed E-state index contributed by atoms with van der Waals surface area (Å²) in [5.74, 6) is 2.29. The molecule has 0 aliphatic heterocycles. The predicted molar refractivity (Wildman–Crippen MR) is 92.0 cm³/mol. The van der Waals surface area contributed by atoms with Crippen LogP contribution in [0.3, 0.4) is 0 Å². The van der Waals surface area contributed by atoms with Crippen molar-refractivity contribution in [3.05, 3.63) is 48.5 Å². The zero-order valence-electron chi connectivity index (χ0n) is 12.7. The molecule has 1 fully saturated rings. The van der Waals surface area contributed by atoms with Crippen molar-refractivity contribution < 1.29 is 9.53 Å². The molecule has 1 heterocycles. The fourth-order valence-electron chi connectivity index (χ4n) is 2.53. The third-order valence-corrected chi connectivity index (χ3v) is 4.95. The fourth-order valence-corrected chi connectivity index (χ4v) is 3.43. The Kier molecular flexibility index (Phi) is 3.50. The third-order valence-electron chi connectivity index (χ3n) is 4.02. The van der Waals surface area contributed by atoms with Crippen LogP contribution < -0.4 is 10.1 Å². The number of fused-ring (bicyclic) bond motifs is 1. The Hall–Kier alpha value is -2.40. The number of nitrogens with one attached hydrogen (secondary N) is 1. The number of carbonyl (C=O) groups is 1. The smallest absolute Gasteiger partial charge is 0.229 e. The SMILES string of the molecule is C[C@@H]1C[C@@H]1C(=O)Nc1nc2ccc(Oc3ccccc3)cc2s1. The van der Waals surface area contributed by atoms with Crippen molar-refractivity contribution in [1.29, 1.82) is 0 Å². The number of thiazole rings is 1. The Labute approximate surface area is 138 Å². The molecule has 0 saturated heterocycles. The fraction of sp³-hybridized carbons (Fsp3) is 0.222. The lowest BCUT2D eigenvalue weighted by molar-refractivity contribution is -0.117. The zero-order valence-corrected chi connectivity index (χ0v) is 13.5. The number of ether oxygens (including phenoxy) is 1. The van der Waals surface area contributed by atoms with E-state index in [1.54, 1.807) is 0 Å². The van der Waals surface area contributed by atoms with Gasteiger partial charge in [-0.15, -0.1) is 0 Å². The van der Waals surface area contributed by atoms with E-state index in [4.69, 9.17) is 4.74 Å². The Balaban J connectivity index is 1.53. The molecule has 116 valence electrons. The zero-order chi connectivity index (χ0) is 15.8. The second-order valence-corrected chi connectivity index (χ2v) is 6.90. The summed E-state index contributed by atoms with van der Waals surface area (Å²) in [7, 11) is 0. The van der Waals surface area contributed by atoms with Gasteiger partial charge in [-0.1, -0.05) is 36.5 Å². The number of nitrogens with zero attached hydrogens (tertiary/aromatic N) is 1. The van der Waals surface area contributed by atoms with Gasteiger partial charge in [-0.2, -0.15) is 0 Å². The largest absolute Gasteiger partial charge is 0.457 e. The molecule has 1 aromatic heterocycles. The molecule has 4 nitrogen and oxygen atoms in total. The van der Waals surface area contributed by atoms with Crippen LogP contribution in [0.5, 0.6) is 11.5 Å². The Morgan fingerprint density at radius 2 is 2.00 bits per heavy atom. The Morgan fingerprint density at radius 3 is 2.74 bits per heavy atom. The molecule has 1 aliphatic rings. The molecule has 5 heteroatoms. The van der Waals surface area contributed by atoms with Gasteiger partial charge in [0.25, 0.3) is 0 Å². The third kappa shape index (κ3) is 3.05. The quantitative estimate of drug-likeness (QED) is 0.758. The number of benzene rings is 2. The molecule has 1 N–H and O–H groups in total. The van der Waals surface area contributed by atoms with Crippen molar-refractivity contribution in [3.8, 4) is 11.5 Å². The monoisotopic (exact) mass is 324 g/mol. The average molecular weight is 324 g/mol. The second-order valence-electron chi connectivity index (χ2n) is 5.87. The van der Waals surface area contributed by atoms with Crippen molar-refractivity contribution in [2.24, 2.45) is 11.8 Å². The van der Waals surface area contributed by atoms with Crippen LogP contribution in [-0.2, 0) is 4.79 Å². The molecule has 0 radical (unpaired) electrons. The van der Waals surface area contributed by atoms with Crippen molar-refractivity contribution in [1.82, 2.24) is 4.98 Å². The Bertz CT molecular complexity index is 860. The van der Waals surface area contributed by atoms with E-state index >= 15 is 0 Å². The highest BCUT2D eigenvalue weighted by molar-refractivity contribution is 7.22. The van der Waals surface area contributed by atoms with E-state index in [0.717, 1.165) is 28.1 Å². The molecule has 2 aromatic carbocycles. The highest BCUT2D eigenvalue weighted by Crippen LogP contribution is 2.39. The summed E-state index contributed by atoms with van der Waals surface area (Å²) in [6, 6.07) is 15.4. The molecule has 1 saturated carbocycles. The van der Waals surface area contributed by atoms with Gasteiger partial charge < -0.3 is 10.1 Å². The number of hydrogen-bond donors (Lipinski definition) is 1. The molecule has 2 atom stereocenters. The van der Waals surface area contributed by atoms with Gasteiger partial charge in [0, 0.05) is 12.0 Å². The molecular weight excluding hydrogens is 308 g/mol. The minimum atomic E-state index is 0.0808. The summed E-state index contributed by atoms with van der Waals surface area (Å²) in [6.45, 7) is 2.09. The van der Waals surface area contributed by atoms with E-state index in [-0.39, 0.29) is 11.8 Å². The van der Waals surface area contributed by atoms with E-state index in [9.17, 15) is 4.79 Å². The van der Waals surface area contributed by atoms with Crippen molar-refractivity contribution in [3.63, 3.8) is 0 Å². The summed E-state index contributed by atoms with van der Waals surface area (Å²) in [4.78, 5) is 16.5. The first-order valence-corrected chi connectivity index (χ1v) is 8.45. The molecule has 1 aliphatic carbocycles. The maximum Gasteiger partial charge on any atom is 0.229 e. The van der Waals surface area contributed by atoms with Crippen LogP contribution in [0.25, 0.3) is 10.2 Å². The number of rotatable bonds is 4. The summed E-state index contributed by atoms with van der Waals surface area (Å²) < 4.78 is 6.83. The molecule has 0 spiro atoms. The molecule has 0 bridgehead atoms. The molecule has 1 amide bonds. The van der Waals surface area contributed by atoms with Crippen molar-refractivity contribution >= 4 is 32.6 Å². The maximum absolute atomic E-state index is 12.0. The van der Waals surface area contributed by atoms with Gasteiger partial charge >= 0.3 is 0 Å².